The van der Waals surface area contributed by atoms with Crippen LogP contribution in [0.1, 0.15) is 23.7 Å². The number of carbonyl (C=O) groups is 1. The maximum Gasteiger partial charge on any atom is 0.256 e. The summed E-state index contributed by atoms with van der Waals surface area (Å²) in [6.45, 7) is 2.07. The number of hydrogen-bond donors (Lipinski definition) is 1. The standard InChI is InChI=1S/C15H24N2O3S/c1-6-10(9-21-5)17(2)15(18)12-7-11(19-3)8-13(20-4)14(12)16/h7-8,10H,6,9,16H2,1-5H3. The number of amides is 1. The first-order valence-electron chi connectivity index (χ1n) is 6.77. The van der Waals surface area contributed by atoms with E-state index >= 15 is 0 Å². The summed E-state index contributed by atoms with van der Waals surface area (Å²) in [6.07, 6.45) is 2.92. The van der Waals surface area contributed by atoms with Crippen LogP contribution in [0.25, 0.3) is 0 Å². The molecule has 1 unspecified atom stereocenters. The van der Waals surface area contributed by atoms with Gasteiger partial charge in [-0.1, -0.05) is 6.92 Å². The number of methoxy groups -OCH3 is 2. The van der Waals surface area contributed by atoms with Crippen LogP contribution in [0, 0.1) is 0 Å². The third-order valence-electron chi connectivity index (χ3n) is 3.50. The second-order valence-electron chi connectivity index (χ2n) is 4.72. The molecule has 0 fully saturated rings. The molecule has 1 aromatic rings. The van der Waals surface area contributed by atoms with E-state index in [0.717, 1.165) is 12.2 Å². The molecule has 0 saturated heterocycles. The number of anilines is 1. The van der Waals surface area contributed by atoms with E-state index in [0.29, 0.717) is 22.7 Å². The van der Waals surface area contributed by atoms with Crippen molar-refractivity contribution in [2.75, 3.05) is 39.0 Å². The molecule has 1 atom stereocenters. The number of ether oxygens (including phenoxy) is 2. The van der Waals surface area contributed by atoms with E-state index < -0.39 is 0 Å². The first-order valence-corrected chi connectivity index (χ1v) is 8.17. The number of benzene rings is 1. The van der Waals surface area contributed by atoms with E-state index in [4.69, 9.17) is 15.2 Å². The van der Waals surface area contributed by atoms with Gasteiger partial charge < -0.3 is 20.1 Å². The molecule has 21 heavy (non-hydrogen) atoms. The highest BCUT2D eigenvalue weighted by atomic mass is 32.2. The van der Waals surface area contributed by atoms with E-state index in [2.05, 4.69) is 6.92 Å². The molecule has 0 aliphatic heterocycles. The van der Waals surface area contributed by atoms with Gasteiger partial charge in [0.25, 0.3) is 5.91 Å². The summed E-state index contributed by atoms with van der Waals surface area (Å²) in [5, 5.41) is 0. The minimum absolute atomic E-state index is 0.120. The van der Waals surface area contributed by atoms with Crippen LogP contribution >= 0.6 is 11.8 Å². The lowest BCUT2D eigenvalue weighted by molar-refractivity contribution is 0.0744. The molecule has 1 rings (SSSR count). The Hall–Kier alpha value is -1.56. The second kappa shape index (κ2) is 8.02. The van der Waals surface area contributed by atoms with Crippen LogP contribution in [0.3, 0.4) is 0 Å². The van der Waals surface area contributed by atoms with Crippen LogP contribution in [0.15, 0.2) is 12.1 Å². The zero-order valence-corrected chi connectivity index (χ0v) is 14.1. The van der Waals surface area contributed by atoms with E-state index in [1.54, 1.807) is 43.0 Å². The van der Waals surface area contributed by atoms with Gasteiger partial charge in [0.1, 0.15) is 11.5 Å². The summed E-state index contributed by atoms with van der Waals surface area (Å²) in [7, 11) is 4.87. The van der Waals surface area contributed by atoms with Crippen molar-refractivity contribution in [2.45, 2.75) is 19.4 Å². The number of nitrogen functional groups attached to an aromatic ring is 1. The number of hydrogen-bond acceptors (Lipinski definition) is 5. The van der Waals surface area contributed by atoms with Crippen LogP contribution < -0.4 is 15.2 Å². The Morgan fingerprint density at radius 2 is 2.05 bits per heavy atom. The molecular formula is C15H24N2O3S. The fourth-order valence-electron chi connectivity index (χ4n) is 2.12. The molecule has 118 valence electrons. The van der Waals surface area contributed by atoms with Crippen molar-refractivity contribution < 1.29 is 14.3 Å². The van der Waals surface area contributed by atoms with Crippen molar-refractivity contribution in [1.29, 1.82) is 0 Å². The van der Waals surface area contributed by atoms with E-state index in [-0.39, 0.29) is 11.9 Å². The monoisotopic (exact) mass is 312 g/mol. The van der Waals surface area contributed by atoms with Gasteiger partial charge in [-0.25, -0.2) is 0 Å². The Morgan fingerprint density at radius 1 is 1.38 bits per heavy atom. The summed E-state index contributed by atoms with van der Waals surface area (Å²) >= 11 is 1.72. The largest absolute Gasteiger partial charge is 0.497 e. The van der Waals surface area contributed by atoms with Crippen molar-refractivity contribution in [3.8, 4) is 11.5 Å². The number of carbonyl (C=O) groups excluding carboxylic acids is 1. The Labute approximate surface area is 130 Å². The third kappa shape index (κ3) is 3.97. The van der Waals surface area contributed by atoms with E-state index in [1.165, 1.54) is 7.11 Å². The molecule has 0 spiro atoms. The maximum absolute atomic E-state index is 12.7. The lowest BCUT2D eigenvalue weighted by Gasteiger charge is -2.27. The Kier molecular flexibility index (Phi) is 6.68. The van der Waals surface area contributed by atoms with Gasteiger partial charge in [0.15, 0.2) is 0 Å². The minimum Gasteiger partial charge on any atom is -0.497 e. The second-order valence-corrected chi connectivity index (χ2v) is 5.64. The molecular weight excluding hydrogens is 288 g/mol. The summed E-state index contributed by atoms with van der Waals surface area (Å²) < 4.78 is 10.4. The van der Waals surface area contributed by atoms with Gasteiger partial charge in [0, 0.05) is 24.9 Å². The zero-order valence-electron chi connectivity index (χ0n) is 13.3. The van der Waals surface area contributed by atoms with Gasteiger partial charge in [0.2, 0.25) is 0 Å². The predicted octanol–water partition coefficient (Wildman–Crippen LogP) is 2.50. The number of thioether (sulfide) groups is 1. The molecule has 0 aliphatic carbocycles. The zero-order chi connectivity index (χ0) is 16.0. The van der Waals surface area contributed by atoms with Crippen LogP contribution in [0.5, 0.6) is 11.5 Å². The molecule has 1 aromatic carbocycles. The summed E-state index contributed by atoms with van der Waals surface area (Å²) in [6, 6.07) is 3.50. The van der Waals surface area contributed by atoms with Crippen LogP contribution in [-0.2, 0) is 0 Å². The van der Waals surface area contributed by atoms with Crippen molar-refractivity contribution >= 4 is 23.4 Å². The highest BCUT2D eigenvalue weighted by molar-refractivity contribution is 7.98. The minimum atomic E-state index is -0.120. The molecule has 0 aliphatic rings. The van der Waals surface area contributed by atoms with Crippen molar-refractivity contribution in [3.05, 3.63) is 17.7 Å². The SMILES string of the molecule is CCC(CSC)N(C)C(=O)c1cc(OC)cc(OC)c1N. The van der Waals surface area contributed by atoms with Crippen LogP contribution in [0.4, 0.5) is 5.69 Å². The summed E-state index contributed by atoms with van der Waals surface area (Å²) in [5.74, 6) is 1.77. The molecule has 0 saturated carbocycles. The molecule has 0 aromatic heterocycles. The average Bonchev–Trinajstić information content (AvgIpc) is 2.51. The molecule has 1 amide bonds. The smallest absolute Gasteiger partial charge is 0.256 e. The molecule has 5 nitrogen and oxygen atoms in total. The first-order chi connectivity index (χ1) is 9.99. The average molecular weight is 312 g/mol. The van der Waals surface area contributed by atoms with Crippen LogP contribution in [-0.4, -0.2) is 50.1 Å². The first kappa shape index (κ1) is 17.5. The van der Waals surface area contributed by atoms with Gasteiger partial charge in [0.05, 0.1) is 25.5 Å². The third-order valence-corrected chi connectivity index (χ3v) is 4.22. The van der Waals surface area contributed by atoms with Gasteiger partial charge in [-0.05, 0) is 18.7 Å². The lowest BCUT2D eigenvalue weighted by atomic mass is 10.1. The van der Waals surface area contributed by atoms with E-state index in [9.17, 15) is 4.79 Å². The Bertz CT molecular complexity index is 494. The highest BCUT2D eigenvalue weighted by Gasteiger charge is 2.23. The number of nitrogens with zero attached hydrogens (tertiary/aromatic N) is 1. The van der Waals surface area contributed by atoms with Crippen molar-refractivity contribution in [2.24, 2.45) is 0 Å². The number of nitrogens with two attached hydrogens (primary N) is 1. The maximum atomic E-state index is 12.7. The van der Waals surface area contributed by atoms with Gasteiger partial charge >= 0.3 is 0 Å². The van der Waals surface area contributed by atoms with Crippen molar-refractivity contribution in [3.63, 3.8) is 0 Å². The molecule has 6 heteroatoms. The number of rotatable bonds is 7. The van der Waals surface area contributed by atoms with Gasteiger partial charge in [-0.3, -0.25) is 4.79 Å². The molecule has 2 N–H and O–H groups in total. The predicted molar refractivity (Wildman–Crippen MR) is 88.5 cm³/mol. The Morgan fingerprint density at radius 3 is 2.52 bits per heavy atom. The van der Waals surface area contributed by atoms with Crippen molar-refractivity contribution in [1.82, 2.24) is 4.90 Å². The normalized spacial score (nSPS) is 11.9. The lowest BCUT2D eigenvalue weighted by Crippen LogP contribution is -2.38. The summed E-state index contributed by atoms with van der Waals surface area (Å²) in [4.78, 5) is 14.4. The summed E-state index contributed by atoms with van der Waals surface area (Å²) in [5.41, 5.74) is 6.79. The Balaban J connectivity index is 3.16. The quantitative estimate of drug-likeness (QED) is 0.784. The van der Waals surface area contributed by atoms with Gasteiger partial charge in [-0.2, -0.15) is 11.8 Å². The molecule has 0 heterocycles. The fraction of sp³-hybridized carbons (Fsp3) is 0.533. The van der Waals surface area contributed by atoms with Crippen LogP contribution in [0.2, 0.25) is 0 Å². The molecule has 0 radical (unpaired) electrons. The fourth-order valence-corrected chi connectivity index (χ4v) is 2.96. The highest BCUT2D eigenvalue weighted by Crippen LogP contribution is 2.32. The molecule has 0 bridgehead atoms. The van der Waals surface area contributed by atoms with E-state index in [1.807, 2.05) is 6.26 Å². The topological polar surface area (TPSA) is 64.8 Å². The van der Waals surface area contributed by atoms with Gasteiger partial charge in [-0.15, -0.1) is 0 Å².